The second kappa shape index (κ2) is 6.18. The number of ether oxygens (including phenoxy) is 1. The standard InChI is InChI=1S/C17H21N3O2/c1-2-4-15-13(3-1)5-6-14(15)11-17-18-16(19-22-17)12-20-7-9-21-10-8-20/h1-4,14H,5-12H2/t14-/m1/s1. The van der Waals surface area contributed by atoms with Gasteiger partial charge < -0.3 is 9.26 Å². The Balaban J connectivity index is 1.40. The van der Waals surface area contributed by atoms with Gasteiger partial charge in [-0.3, -0.25) is 4.90 Å². The molecule has 1 saturated heterocycles. The lowest BCUT2D eigenvalue weighted by Crippen LogP contribution is -2.35. The SMILES string of the molecule is c1ccc2c(c1)CC[C@@H]2Cc1nc(CN2CCOCC2)no1. The first-order valence-corrected chi connectivity index (χ1v) is 8.08. The quantitative estimate of drug-likeness (QED) is 0.866. The van der Waals surface area contributed by atoms with Crippen molar-refractivity contribution in [1.29, 1.82) is 0 Å². The molecule has 1 aliphatic carbocycles. The molecule has 4 rings (SSSR count). The summed E-state index contributed by atoms with van der Waals surface area (Å²) in [7, 11) is 0. The molecule has 1 aromatic carbocycles. The predicted molar refractivity (Wildman–Crippen MR) is 81.6 cm³/mol. The van der Waals surface area contributed by atoms with Crippen molar-refractivity contribution in [2.24, 2.45) is 0 Å². The van der Waals surface area contributed by atoms with Gasteiger partial charge in [0.2, 0.25) is 5.89 Å². The topological polar surface area (TPSA) is 51.4 Å². The van der Waals surface area contributed by atoms with E-state index in [1.807, 2.05) is 0 Å². The molecule has 0 unspecified atom stereocenters. The van der Waals surface area contributed by atoms with Gasteiger partial charge in [0.25, 0.3) is 0 Å². The largest absolute Gasteiger partial charge is 0.379 e. The van der Waals surface area contributed by atoms with E-state index in [1.165, 1.54) is 17.5 Å². The van der Waals surface area contributed by atoms with Gasteiger partial charge in [0.1, 0.15) is 0 Å². The van der Waals surface area contributed by atoms with Crippen molar-refractivity contribution >= 4 is 0 Å². The average molecular weight is 299 g/mol. The maximum atomic E-state index is 5.46. The van der Waals surface area contributed by atoms with Crippen LogP contribution in [0.5, 0.6) is 0 Å². The highest BCUT2D eigenvalue weighted by atomic mass is 16.5. The summed E-state index contributed by atoms with van der Waals surface area (Å²) in [4.78, 5) is 6.89. The van der Waals surface area contributed by atoms with E-state index in [-0.39, 0.29) is 0 Å². The molecule has 1 aromatic heterocycles. The molecule has 0 amide bonds. The number of nitrogens with zero attached hydrogens (tertiary/aromatic N) is 3. The minimum Gasteiger partial charge on any atom is -0.379 e. The van der Waals surface area contributed by atoms with Crippen LogP contribution in [0.2, 0.25) is 0 Å². The van der Waals surface area contributed by atoms with Gasteiger partial charge >= 0.3 is 0 Å². The Labute approximate surface area is 130 Å². The zero-order chi connectivity index (χ0) is 14.8. The lowest BCUT2D eigenvalue weighted by atomic mass is 9.98. The van der Waals surface area contributed by atoms with Crippen molar-refractivity contribution in [3.63, 3.8) is 0 Å². The highest BCUT2D eigenvalue weighted by Crippen LogP contribution is 2.34. The van der Waals surface area contributed by atoms with E-state index in [9.17, 15) is 0 Å². The van der Waals surface area contributed by atoms with Gasteiger partial charge in [0, 0.05) is 19.5 Å². The van der Waals surface area contributed by atoms with Crippen LogP contribution in [0.15, 0.2) is 28.8 Å². The fourth-order valence-electron chi connectivity index (χ4n) is 3.46. The number of hydrogen-bond donors (Lipinski definition) is 0. The van der Waals surface area contributed by atoms with Gasteiger partial charge in [-0.2, -0.15) is 4.98 Å². The zero-order valence-electron chi connectivity index (χ0n) is 12.7. The highest BCUT2D eigenvalue weighted by Gasteiger charge is 2.24. The summed E-state index contributed by atoms with van der Waals surface area (Å²) in [5.41, 5.74) is 2.93. The van der Waals surface area contributed by atoms with Crippen LogP contribution in [0.4, 0.5) is 0 Å². The summed E-state index contributed by atoms with van der Waals surface area (Å²) in [6.45, 7) is 4.24. The molecular weight excluding hydrogens is 278 g/mol. The molecule has 0 N–H and O–H groups in total. The van der Waals surface area contributed by atoms with Crippen LogP contribution in [0.25, 0.3) is 0 Å². The average Bonchev–Trinajstić information content (AvgIpc) is 3.17. The molecule has 0 spiro atoms. The number of hydrogen-bond acceptors (Lipinski definition) is 5. The van der Waals surface area contributed by atoms with Crippen LogP contribution < -0.4 is 0 Å². The molecule has 2 aliphatic rings. The monoisotopic (exact) mass is 299 g/mol. The summed E-state index contributed by atoms with van der Waals surface area (Å²) < 4.78 is 10.8. The zero-order valence-corrected chi connectivity index (χ0v) is 12.7. The van der Waals surface area contributed by atoms with Crippen LogP contribution in [0.1, 0.15) is 35.2 Å². The first-order valence-electron chi connectivity index (χ1n) is 8.08. The van der Waals surface area contributed by atoms with Gasteiger partial charge in [-0.1, -0.05) is 29.4 Å². The van der Waals surface area contributed by atoms with E-state index < -0.39 is 0 Å². The molecule has 1 atom stereocenters. The van der Waals surface area contributed by atoms with E-state index in [0.717, 1.165) is 57.4 Å². The third-order valence-corrected chi connectivity index (χ3v) is 4.66. The summed E-state index contributed by atoms with van der Waals surface area (Å²) in [6.07, 6.45) is 3.20. The van der Waals surface area contributed by atoms with Crippen LogP contribution in [-0.2, 0) is 24.1 Å². The smallest absolute Gasteiger partial charge is 0.227 e. The number of aromatic nitrogens is 2. The molecule has 0 radical (unpaired) electrons. The van der Waals surface area contributed by atoms with Gasteiger partial charge in [-0.15, -0.1) is 0 Å². The maximum absolute atomic E-state index is 5.46. The second-order valence-corrected chi connectivity index (χ2v) is 6.13. The highest BCUT2D eigenvalue weighted by molar-refractivity contribution is 5.35. The van der Waals surface area contributed by atoms with Crippen molar-refractivity contribution in [2.75, 3.05) is 26.3 Å². The minimum absolute atomic E-state index is 0.521. The van der Waals surface area contributed by atoms with Gasteiger partial charge in [0.05, 0.1) is 19.8 Å². The van der Waals surface area contributed by atoms with Crippen LogP contribution in [-0.4, -0.2) is 41.3 Å². The number of fused-ring (bicyclic) bond motifs is 1. The third kappa shape index (κ3) is 2.91. The summed E-state index contributed by atoms with van der Waals surface area (Å²) in [5.74, 6) is 2.08. The Morgan fingerprint density at radius 1 is 1.18 bits per heavy atom. The summed E-state index contributed by atoms with van der Waals surface area (Å²) in [5, 5.41) is 4.14. The number of morpholine rings is 1. The summed E-state index contributed by atoms with van der Waals surface area (Å²) >= 11 is 0. The fourth-order valence-corrected chi connectivity index (χ4v) is 3.46. The van der Waals surface area contributed by atoms with E-state index in [0.29, 0.717) is 5.92 Å². The second-order valence-electron chi connectivity index (χ2n) is 6.13. The summed E-state index contributed by atoms with van der Waals surface area (Å²) in [6, 6.07) is 8.70. The normalized spacial score (nSPS) is 21.9. The Morgan fingerprint density at radius 3 is 2.95 bits per heavy atom. The van der Waals surface area contributed by atoms with Crippen molar-refractivity contribution in [2.45, 2.75) is 31.7 Å². The number of rotatable bonds is 4. The van der Waals surface area contributed by atoms with Crippen LogP contribution in [0, 0.1) is 0 Å². The van der Waals surface area contributed by atoms with Crippen molar-refractivity contribution < 1.29 is 9.26 Å². The molecule has 1 aliphatic heterocycles. The molecular formula is C17H21N3O2. The molecule has 1 fully saturated rings. The van der Waals surface area contributed by atoms with E-state index in [1.54, 1.807) is 0 Å². The fraction of sp³-hybridized carbons (Fsp3) is 0.529. The Morgan fingerprint density at radius 2 is 2.05 bits per heavy atom. The molecule has 22 heavy (non-hydrogen) atoms. The first-order chi connectivity index (χ1) is 10.9. The van der Waals surface area contributed by atoms with Crippen LogP contribution in [0.3, 0.4) is 0 Å². The van der Waals surface area contributed by atoms with Crippen molar-refractivity contribution in [3.8, 4) is 0 Å². The van der Waals surface area contributed by atoms with E-state index in [2.05, 4.69) is 39.3 Å². The third-order valence-electron chi connectivity index (χ3n) is 4.66. The van der Waals surface area contributed by atoms with Gasteiger partial charge in [-0.25, -0.2) is 0 Å². The Hall–Kier alpha value is -1.72. The molecule has 0 bridgehead atoms. The molecule has 5 nitrogen and oxygen atoms in total. The molecule has 0 saturated carbocycles. The lowest BCUT2D eigenvalue weighted by Gasteiger charge is -2.24. The maximum Gasteiger partial charge on any atom is 0.227 e. The molecule has 5 heteroatoms. The Bertz CT molecular complexity index is 634. The van der Waals surface area contributed by atoms with E-state index in [4.69, 9.17) is 9.26 Å². The first kappa shape index (κ1) is 13.9. The minimum atomic E-state index is 0.521. The Kier molecular flexibility index (Phi) is 3.91. The van der Waals surface area contributed by atoms with Crippen molar-refractivity contribution in [1.82, 2.24) is 15.0 Å². The number of aryl methyl sites for hydroxylation is 1. The van der Waals surface area contributed by atoms with E-state index >= 15 is 0 Å². The lowest BCUT2D eigenvalue weighted by molar-refractivity contribution is 0.0327. The molecule has 2 heterocycles. The number of benzene rings is 1. The molecule has 116 valence electrons. The van der Waals surface area contributed by atoms with Gasteiger partial charge in [-0.05, 0) is 29.9 Å². The predicted octanol–water partition coefficient (Wildman–Crippen LogP) is 2.17. The molecule has 2 aromatic rings. The van der Waals surface area contributed by atoms with Gasteiger partial charge in [0.15, 0.2) is 5.82 Å². The van der Waals surface area contributed by atoms with Crippen molar-refractivity contribution in [3.05, 3.63) is 47.1 Å². The van der Waals surface area contributed by atoms with Crippen LogP contribution >= 0.6 is 0 Å².